The van der Waals surface area contributed by atoms with Gasteiger partial charge in [-0.2, -0.15) is 13.2 Å². The molecule has 8 heteroatoms. The Morgan fingerprint density at radius 2 is 1.80 bits per heavy atom. The van der Waals surface area contributed by atoms with Gasteiger partial charge in [-0.3, -0.25) is 4.79 Å². The summed E-state index contributed by atoms with van der Waals surface area (Å²) in [6.07, 6.45) is -2.35. The molecule has 0 radical (unpaired) electrons. The molecule has 1 aromatic carbocycles. The van der Waals surface area contributed by atoms with Crippen LogP contribution in [0.25, 0.3) is 0 Å². The summed E-state index contributed by atoms with van der Waals surface area (Å²) in [5, 5.41) is 2.86. The highest BCUT2D eigenvalue weighted by Crippen LogP contribution is 2.31. The van der Waals surface area contributed by atoms with Crippen molar-refractivity contribution in [2.75, 3.05) is 16.8 Å². The summed E-state index contributed by atoms with van der Waals surface area (Å²) in [5.41, 5.74) is 1.41. The van der Waals surface area contributed by atoms with Gasteiger partial charge in [0.1, 0.15) is 0 Å². The number of benzene rings is 1. The van der Waals surface area contributed by atoms with E-state index in [1.54, 1.807) is 6.92 Å². The zero-order valence-corrected chi connectivity index (χ0v) is 17.7. The molecule has 30 heavy (non-hydrogen) atoms. The molecule has 1 N–H and O–H groups in total. The lowest BCUT2D eigenvalue weighted by Crippen LogP contribution is -2.31. The van der Waals surface area contributed by atoms with E-state index < -0.39 is 11.7 Å². The van der Waals surface area contributed by atoms with Crippen molar-refractivity contribution in [2.24, 2.45) is 5.41 Å². The maximum Gasteiger partial charge on any atom is 0.416 e. The van der Waals surface area contributed by atoms with Gasteiger partial charge in [-0.05, 0) is 42.9 Å². The Morgan fingerprint density at radius 1 is 1.13 bits per heavy atom. The van der Waals surface area contributed by atoms with Gasteiger partial charge >= 0.3 is 6.18 Å². The molecule has 3 rings (SSSR count). The zero-order chi connectivity index (χ0) is 22.1. The molecular formula is C22H27F3N4O. The molecule has 1 aromatic heterocycles. The van der Waals surface area contributed by atoms with Gasteiger partial charge in [-0.15, -0.1) is 0 Å². The molecule has 1 amide bonds. The number of amides is 1. The molecule has 0 saturated heterocycles. The third-order valence-electron chi connectivity index (χ3n) is 4.87. The molecule has 1 aliphatic rings. The fourth-order valence-corrected chi connectivity index (χ4v) is 3.46. The average Bonchev–Trinajstić information content (AvgIpc) is 2.61. The molecule has 162 valence electrons. The first-order valence-corrected chi connectivity index (χ1v) is 10.0. The number of carbonyl (C=O) groups excluding carboxylic acids is 1. The standard InChI is InChI=1S/C22H27F3N4O/c1-14-19(28-18(30)12-21(2,3)4)27-17-6-5-11-29(20(17)26-14)13-15-7-9-16(10-8-15)22(23,24)25/h7-10H,5-6,11-13H2,1-4H3,(H,27,28,30). The van der Waals surface area contributed by atoms with Crippen molar-refractivity contribution >= 4 is 17.5 Å². The topological polar surface area (TPSA) is 58.1 Å². The van der Waals surface area contributed by atoms with Gasteiger partial charge < -0.3 is 10.2 Å². The minimum Gasteiger partial charge on any atom is -0.351 e. The third kappa shape index (κ3) is 5.49. The third-order valence-corrected chi connectivity index (χ3v) is 4.87. The van der Waals surface area contributed by atoms with E-state index in [1.807, 2.05) is 25.7 Å². The van der Waals surface area contributed by atoms with E-state index in [0.29, 0.717) is 24.5 Å². The number of nitrogens with zero attached hydrogens (tertiary/aromatic N) is 3. The fourth-order valence-electron chi connectivity index (χ4n) is 3.46. The summed E-state index contributed by atoms with van der Waals surface area (Å²) in [7, 11) is 0. The summed E-state index contributed by atoms with van der Waals surface area (Å²) in [5.74, 6) is 1.10. The Kier molecular flexibility index (Phi) is 6.06. The normalized spacial score (nSPS) is 14.4. The lowest BCUT2D eigenvalue weighted by molar-refractivity contribution is -0.137. The fraction of sp³-hybridized carbons (Fsp3) is 0.500. The lowest BCUT2D eigenvalue weighted by atomic mass is 9.92. The van der Waals surface area contributed by atoms with Crippen LogP contribution >= 0.6 is 0 Å². The van der Waals surface area contributed by atoms with Crippen LogP contribution in [0.2, 0.25) is 0 Å². The number of fused-ring (bicyclic) bond motifs is 1. The van der Waals surface area contributed by atoms with Crippen molar-refractivity contribution in [3.63, 3.8) is 0 Å². The second kappa shape index (κ2) is 8.24. The maximum atomic E-state index is 12.8. The number of aromatic nitrogens is 2. The first-order chi connectivity index (χ1) is 13.9. The Hall–Kier alpha value is -2.64. The van der Waals surface area contributed by atoms with Gasteiger partial charge in [0, 0.05) is 19.5 Å². The number of alkyl halides is 3. The molecule has 0 aliphatic carbocycles. The number of nitrogens with one attached hydrogen (secondary N) is 1. The number of hydrogen-bond donors (Lipinski definition) is 1. The van der Waals surface area contributed by atoms with Crippen molar-refractivity contribution in [1.82, 2.24) is 9.97 Å². The van der Waals surface area contributed by atoms with Gasteiger partial charge in [0.25, 0.3) is 0 Å². The number of carbonyl (C=O) groups is 1. The highest BCUT2D eigenvalue weighted by Gasteiger charge is 2.30. The van der Waals surface area contributed by atoms with Crippen molar-refractivity contribution in [3.05, 3.63) is 46.8 Å². The Balaban J connectivity index is 1.77. The summed E-state index contributed by atoms with van der Waals surface area (Å²) in [6.45, 7) is 8.99. The van der Waals surface area contributed by atoms with E-state index >= 15 is 0 Å². The van der Waals surface area contributed by atoms with Crippen molar-refractivity contribution in [2.45, 2.75) is 59.7 Å². The average molecular weight is 420 g/mol. The number of halogens is 3. The highest BCUT2D eigenvalue weighted by atomic mass is 19.4. The minimum absolute atomic E-state index is 0.0998. The summed E-state index contributed by atoms with van der Waals surface area (Å²) < 4.78 is 38.3. The minimum atomic E-state index is -4.34. The van der Waals surface area contributed by atoms with Crippen LogP contribution < -0.4 is 10.2 Å². The smallest absolute Gasteiger partial charge is 0.351 e. The zero-order valence-electron chi connectivity index (χ0n) is 17.7. The van der Waals surface area contributed by atoms with E-state index in [2.05, 4.69) is 15.3 Å². The van der Waals surface area contributed by atoms with Gasteiger partial charge in [0.15, 0.2) is 11.6 Å². The molecule has 0 fully saturated rings. The molecule has 0 atom stereocenters. The van der Waals surface area contributed by atoms with Crippen molar-refractivity contribution in [3.8, 4) is 0 Å². The second-order valence-electron chi connectivity index (χ2n) is 8.93. The van der Waals surface area contributed by atoms with Crippen LogP contribution in [0.15, 0.2) is 24.3 Å². The van der Waals surface area contributed by atoms with Crippen LogP contribution in [0.4, 0.5) is 24.8 Å². The van der Waals surface area contributed by atoms with Crippen LogP contribution in [-0.4, -0.2) is 22.4 Å². The summed E-state index contributed by atoms with van der Waals surface area (Å²) >= 11 is 0. The first kappa shape index (κ1) is 22.1. The van der Waals surface area contributed by atoms with Crippen LogP contribution in [-0.2, 0) is 23.9 Å². The van der Waals surface area contributed by atoms with Crippen LogP contribution in [0.5, 0.6) is 0 Å². The Bertz CT molecular complexity index is 918. The molecule has 1 aliphatic heterocycles. The van der Waals surface area contributed by atoms with Crippen LogP contribution in [0.3, 0.4) is 0 Å². The number of rotatable bonds is 4. The maximum absolute atomic E-state index is 12.8. The summed E-state index contributed by atoms with van der Waals surface area (Å²) in [6, 6.07) is 5.20. The number of aryl methyl sites for hydroxylation is 2. The second-order valence-corrected chi connectivity index (χ2v) is 8.93. The molecule has 0 unspecified atom stereocenters. The molecular weight excluding hydrogens is 393 g/mol. The van der Waals surface area contributed by atoms with Crippen LogP contribution in [0.1, 0.15) is 56.1 Å². The van der Waals surface area contributed by atoms with E-state index in [4.69, 9.17) is 0 Å². The molecule has 0 bridgehead atoms. The molecule has 0 saturated carbocycles. The predicted molar refractivity (Wildman–Crippen MR) is 110 cm³/mol. The predicted octanol–water partition coefficient (Wildman–Crippen LogP) is 5.13. The molecule has 2 heterocycles. The molecule has 0 spiro atoms. The largest absolute Gasteiger partial charge is 0.416 e. The molecule has 2 aromatic rings. The Morgan fingerprint density at radius 3 is 2.40 bits per heavy atom. The van der Waals surface area contributed by atoms with Gasteiger partial charge in [0.2, 0.25) is 5.91 Å². The number of hydrogen-bond acceptors (Lipinski definition) is 4. The monoisotopic (exact) mass is 420 g/mol. The van der Waals surface area contributed by atoms with Crippen LogP contribution in [0, 0.1) is 12.3 Å². The summed E-state index contributed by atoms with van der Waals surface area (Å²) in [4.78, 5) is 23.6. The Labute approximate surface area is 174 Å². The quantitative estimate of drug-likeness (QED) is 0.745. The van der Waals surface area contributed by atoms with Gasteiger partial charge in [0.05, 0.1) is 17.0 Å². The first-order valence-electron chi connectivity index (χ1n) is 10.0. The van der Waals surface area contributed by atoms with E-state index in [1.165, 1.54) is 12.1 Å². The molecule has 5 nitrogen and oxygen atoms in total. The van der Waals surface area contributed by atoms with Crippen molar-refractivity contribution in [1.29, 1.82) is 0 Å². The van der Waals surface area contributed by atoms with E-state index in [-0.39, 0.29) is 11.3 Å². The van der Waals surface area contributed by atoms with Gasteiger partial charge in [-0.25, -0.2) is 9.97 Å². The lowest BCUT2D eigenvalue weighted by Gasteiger charge is -2.30. The van der Waals surface area contributed by atoms with E-state index in [0.717, 1.165) is 48.6 Å². The number of anilines is 2. The van der Waals surface area contributed by atoms with Gasteiger partial charge in [-0.1, -0.05) is 32.9 Å². The van der Waals surface area contributed by atoms with E-state index in [9.17, 15) is 18.0 Å². The SMILES string of the molecule is Cc1nc2c(nc1NC(=O)CC(C)(C)C)CCCN2Cc1ccc(C(F)(F)F)cc1. The van der Waals surface area contributed by atoms with Crippen molar-refractivity contribution < 1.29 is 18.0 Å². The highest BCUT2D eigenvalue weighted by molar-refractivity contribution is 5.90.